The predicted octanol–water partition coefficient (Wildman–Crippen LogP) is -1.34. The minimum Gasteiger partial charge on any atom is -0.493 e. The molecule has 2 rings (SSSR count). The summed E-state index contributed by atoms with van der Waals surface area (Å²) in [7, 11) is 2.60. The van der Waals surface area contributed by atoms with E-state index in [9.17, 15) is 20.1 Å². The van der Waals surface area contributed by atoms with Crippen LogP contribution in [0.2, 0.25) is 0 Å². The summed E-state index contributed by atoms with van der Waals surface area (Å²) in [5.74, 6) is -0.253. The number of hydrogen-bond donors (Lipinski definition) is 4. The topological polar surface area (TPSA) is 135 Å². The van der Waals surface area contributed by atoms with Gasteiger partial charge in [0.05, 0.1) is 26.4 Å². The number of ether oxygens (including phenoxy) is 4. The lowest BCUT2D eigenvalue weighted by Gasteiger charge is -2.39. The third kappa shape index (κ3) is 3.60. The molecule has 1 aromatic carbocycles. The Morgan fingerprint density at radius 3 is 2.42 bits per heavy atom. The van der Waals surface area contributed by atoms with Crippen molar-refractivity contribution in [2.75, 3.05) is 20.8 Å². The molecule has 134 valence electrons. The zero-order valence-corrected chi connectivity index (χ0v) is 13.2. The molecule has 1 unspecified atom stereocenters. The average Bonchev–Trinajstić information content (AvgIpc) is 2.61. The molecular formula is C15H20O9. The number of methoxy groups -OCH3 is 2. The number of aliphatic hydroxyl groups excluding tert-OH is 4. The molecule has 1 aliphatic rings. The highest BCUT2D eigenvalue weighted by atomic mass is 16.7. The Morgan fingerprint density at radius 1 is 1.12 bits per heavy atom. The van der Waals surface area contributed by atoms with Crippen LogP contribution in [0.1, 0.15) is 10.4 Å². The second-order valence-corrected chi connectivity index (χ2v) is 5.17. The first kappa shape index (κ1) is 18.4. The van der Waals surface area contributed by atoms with E-state index in [0.29, 0.717) is 0 Å². The lowest BCUT2D eigenvalue weighted by atomic mass is 9.99. The maximum atomic E-state index is 11.5. The van der Waals surface area contributed by atoms with Gasteiger partial charge < -0.3 is 39.4 Å². The Kier molecular flexibility index (Phi) is 5.97. The zero-order valence-electron chi connectivity index (χ0n) is 13.2. The highest BCUT2D eigenvalue weighted by Crippen LogP contribution is 2.32. The molecule has 0 aliphatic carbocycles. The average molecular weight is 344 g/mol. The van der Waals surface area contributed by atoms with Gasteiger partial charge in [0.1, 0.15) is 24.4 Å². The number of carbonyl (C=O) groups is 1. The quantitative estimate of drug-likeness (QED) is 0.479. The third-order valence-corrected chi connectivity index (χ3v) is 3.68. The largest absolute Gasteiger partial charge is 0.493 e. The Bertz CT molecular complexity index is 574. The molecule has 1 heterocycles. The first-order valence-corrected chi connectivity index (χ1v) is 7.16. The number of carbonyl (C=O) groups excluding carboxylic acids is 1. The molecule has 5 atom stereocenters. The second-order valence-electron chi connectivity index (χ2n) is 5.17. The number of hydrogen-bond acceptors (Lipinski definition) is 9. The zero-order chi connectivity index (χ0) is 17.9. The molecule has 1 saturated heterocycles. The van der Waals surface area contributed by atoms with Crippen LogP contribution in [0, 0.1) is 0 Å². The molecule has 4 N–H and O–H groups in total. The molecule has 0 spiro atoms. The van der Waals surface area contributed by atoms with Gasteiger partial charge in [0.15, 0.2) is 11.5 Å². The third-order valence-electron chi connectivity index (χ3n) is 3.68. The summed E-state index contributed by atoms with van der Waals surface area (Å²) < 4.78 is 20.5. The van der Waals surface area contributed by atoms with Gasteiger partial charge >= 0.3 is 5.97 Å². The number of rotatable bonds is 5. The molecule has 0 bridgehead atoms. The summed E-state index contributed by atoms with van der Waals surface area (Å²) in [4.78, 5) is 11.5. The number of esters is 1. The van der Waals surface area contributed by atoms with E-state index >= 15 is 0 Å². The molecule has 24 heavy (non-hydrogen) atoms. The van der Waals surface area contributed by atoms with Crippen molar-refractivity contribution in [2.24, 2.45) is 0 Å². The number of aliphatic hydroxyl groups is 4. The van der Waals surface area contributed by atoms with Crippen molar-refractivity contribution >= 4 is 5.97 Å². The van der Waals surface area contributed by atoms with E-state index in [1.807, 2.05) is 0 Å². The second kappa shape index (κ2) is 7.77. The van der Waals surface area contributed by atoms with E-state index < -0.39 is 43.3 Å². The molecule has 9 nitrogen and oxygen atoms in total. The van der Waals surface area contributed by atoms with Crippen LogP contribution in [0.15, 0.2) is 18.2 Å². The fraction of sp³-hybridized carbons (Fsp3) is 0.533. The van der Waals surface area contributed by atoms with Crippen molar-refractivity contribution in [3.63, 3.8) is 0 Å². The van der Waals surface area contributed by atoms with E-state index in [0.717, 1.165) is 0 Å². The van der Waals surface area contributed by atoms with Crippen molar-refractivity contribution < 1.29 is 44.2 Å². The van der Waals surface area contributed by atoms with Gasteiger partial charge in [0.2, 0.25) is 6.29 Å². The van der Waals surface area contributed by atoms with Crippen LogP contribution in [0.3, 0.4) is 0 Å². The van der Waals surface area contributed by atoms with Crippen molar-refractivity contribution in [3.8, 4) is 11.5 Å². The van der Waals surface area contributed by atoms with Gasteiger partial charge in [-0.25, -0.2) is 4.79 Å². The predicted molar refractivity (Wildman–Crippen MR) is 78.7 cm³/mol. The molecule has 0 radical (unpaired) electrons. The minimum absolute atomic E-state index is 0.134. The van der Waals surface area contributed by atoms with Crippen LogP contribution < -0.4 is 9.47 Å². The maximum absolute atomic E-state index is 11.5. The summed E-state index contributed by atoms with van der Waals surface area (Å²) in [5, 5.41) is 38.6. The van der Waals surface area contributed by atoms with Crippen LogP contribution in [-0.2, 0) is 9.47 Å². The lowest BCUT2D eigenvalue weighted by Crippen LogP contribution is -2.60. The van der Waals surface area contributed by atoms with Gasteiger partial charge in [-0.3, -0.25) is 0 Å². The maximum Gasteiger partial charge on any atom is 0.337 e. The summed E-state index contributed by atoms with van der Waals surface area (Å²) >= 11 is 0. The summed E-state index contributed by atoms with van der Waals surface area (Å²) in [6.45, 7) is -0.566. The highest BCUT2D eigenvalue weighted by Gasteiger charge is 2.44. The van der Waals surface area contributed by atoms with Gasteiger partial charge in [-0.1, -0.05) is 0 Å². The first-order chi connectivity index (χ1) is 11.4. The van der Waals surface area contributed by atoms with E-state index in [4.69, 9.17) is 19.3 Å². The SMILES string of the molecule is COC(=O)c1ccc(OC2O[C@H](CO)[C@@H](O)[C@H](O)[C@H]2O)c(OC)c1. The fourth-order valence-corrected chi connectivity index (χ4v) is 2.30. The molecule has 9 heteroatoms. The molecule has 1 aliphatic heterocycles. The standard InChI is InChI=1S/C15H20O9/c1-21-9-5-7(14(20)22-2)3-4-8(9)23-15-13(19)12(18)11(17)10(6-16)24-15/h3-5,10-13,15-19H,6H2,1-2H3/t10-,11-,12+,13-,15?/m1/s1. The normalized spacial score (nSPS) is 29.8. The van der Waals surface area contributed by atoms with E-state index in [-0.39, 0.29) is 17.1 Å². The Hall–Kier alpha value is -1.91. The number of benzene rings is 1. The van der Waals surface area contributed by atoms with Gasteiger partial charge in [0.25, 0.3) is 0 Å². The van der Waals surface area contributed by atoms with Crippen LogP contribution in [0.25, 0.3) is 0 Å². The summed E-state index contributed by atoms with van der Waals surface area (Å²) in [5.41, 5.74) is 0.232. The summed E-state index contributed by atoms with van der Waals surface area (Å²) in [6, 6.07) is 4.21. The Labute approximate surface area is 138 Å². The van der Waals surface area contributed by atoms with Crippen molar-refractivity contribution in [1.29, 1.82) is 0 Å². The summed E-state index contributed by atoms with van der Waals surface area (Å²) in [6.07, 6.45) is -7.02. The Balaban J connectivity index is 2.21. The first-order valence-electron chi connectivity index (χ1n) is 7.16. The van der Waals surface area contributed by atoms with Crippen LogP contribution in [-0.4, -0.2) is 77.9 Å². The molecule has 1 fully saturated rings. The van der Waals surface area contributed by atoms with Crippen LogP contribution in [0.4, 0.5) is 0 Å². The van der Waals surface area contributed by atoms with Crippen LogP contribution in [0.5, 0.6) is 11.5 Å². The Morgan fingerprint density at radius 2 is 1.83 bits per heavy atom. The van der Waals surface area contributed by atoms with E-state index in [2.05, 4.69) is 4.74 Å². The monoisotopic (exact) mass is 344 g/mol. The van der Waals surface area contributed by atoms with Gasteiger partial charge in [-0.05, 0) is 18.2 Å². The fourth-order valence-electron chi connectivity index (χ4n) is 2.30. The lowest BCUT2D eigenvalue weighted by molar-refractivity contribution is -0.277. The highest BCUT2D eigenvalue weighted by molar-refractivity contribution is 5.90. The van der Waals surface area contributed by atoms with Crippen molar-refractivity contribution in [3.05, 3.63) is 23.8 Å². The van der Waals surface area contributed by atoms with E-state index in [1.54, 1.807) is 0 Å². The minimum atomic E-state index is -1.55. The molecule has 1 aromatic rings. The molecule has 0 saturated carbocycles. The van der Waals surface area contributed by atoms with Gasteiger partial charge in [-0.2, -0.15) is 0 Å². The molecule has 0 amide bonds. The van der Waals surface area contributed by atoms with Gasteiger partial charge in [-0.15, -0.1) is 0 Å². The smallest absolute Gasteiger partial charge is 0.337 e. The molecule has 0 aromatic heterocycles. The molecular weight excluding hydrogens is 324 g/mol. The van der Waals surface area contributed by atoms with Crippen molar-refractivity contribution in [2.45, 2.75) is 30.7 Å². The van der Waals surface area contributed by atoms with E-state index in [1.165, 1.54) is 32.4 Å². The van der Waals surface area contributed by atoms with Crippen molar-refractivity contribution in [1.82, 2.24) is 0 Å². The van der Waals surface area contributed by atoms with Crippen LogP contribution >= 0.6 is 0 Å². The van der Waals surface area contributed by atoms with Gasteiger partial charge in [0, 0.05) is 0 Å².